The molecule has 2 aliphatic rings. The highest BCUT2D eigenvalue weighted by atomic mass is 127. The minimum atomic E-state index is -0.234. The smallest absolute Gasteiger partial charge is 0.339 e. The van der Waals surface area contributed by atoms with Gasteiger partial charge in [0.25, 0.3) is 0 Å². The van der Waals surface area contributed by atoms with Crippen molar-refractivity contribution in [2.24, 2.45) is 5.92 Å². The summed E-state index contributed by atoms with van der Waals surface area (Å²) >= 11 is 6.85. The number of carbonyl (C=O) groups is 1. The third-order valence-corrected chi connectivity index (χ3v) is 9.07. The number of quaternary nitrogens is 1. The molecule has 1 aliphatic carbocycles. The van der Waals surface area contributed by atoms with Crippen molar-refractivity contribution >= 4 is 73.7 Å². The summed E-state index contributed by atoms with van der Waals surface area (Å²) in [6, 6.07) is 4.07. The number of rotatable bonds is 3. The Labute approximate surface area is 184 Å². The molecule has 1 aromatic rings. The molecule has 0 atom stereocenters. The van der Waals surface area contributed by atoms with E-state index in [0.717, 1.165) is 42.2 Å². The molecular formula is C18H23I3NO2+. The van der Waals surface area contributed by atoms with Crippen molar-refractivity contribution in [1.82, 2.24) is 0 Å². The van der Waals surface area contributed by atoms with Crippen molar-refractivity contribution in [3.05, 3.63) is 28.4 Å². The first-order valence-corrected chi connectivity index (χ1v) is 11.9. The quantitative estimate of drug-likeness (QED) is 0.297. The summed E-state index contributed by atoms with van der Waals surface area (Å²) in [6.45, 7) is 2.15. The minimum absolute atomic E-state index is 0.122. The van der Waals surface area contributed by atoms with Gasteiger partial charge in [0.15, 0.2) is 0 Å². The number of hydrogen-bond acceptors (Lipinski definition) is 2. The number of ether oxygens (including phenoxy) is 1. The largest absolute Gasteiger partial charge is 0.455 e. The fourth-order valence-corrected chi connectivity index (χ4v) is 6.50. The zero-order valence-electron chi connectivity index (χ0n) is 13.6. The molecule has 24 heavy (non-hydrogen) atoms. The lowest BCUT2D eigenvalue weighted by Crippen LogP contribution is -2.88. The molecule has 2 fully saturated rings. The van der Waals surface area contributed by atoms with E-state index < -0.39 is 0 Å². The molecule has 3 nitrogen and oxygen atoms in total. The predicted molar refractivity (Wildman–Crippen MR) is 120 cm³/mol. The van der Waals surface area contributed by atoms with Crippen LogP contribution in [0.15, 0.2) is 12.1 Å². The van der Waals surface area contributed by atoms with Crippen molar-refractivity contribution in [2.45, 2.75) is 50.5 Å². The lowest BCUT2D eigenvalue weighted by molar-refractivity contribution is -0.668. The predicted octanol–water partition coefficient (Wildman–Crippen LogP) is 4.33. The summed E-state index contributed by atoms with van der Waals surface area (Å²) in [6.07, 6.45) is 8.34. The second kappa shape index (κ2) is 8.69. The Morgan fingerprint density at radius 3 is 2.42 bits per heavy atom. The summed E-state index contributed by atoms with van der Waals surface area (Å²) in [4.78, 5) is 13.0. The van der Waals surface area contributed by atoms with Crippen molar-refractivity contribution in [3.63, 3.8) is 0 Å². The molecule has 0 unspecified atom stereocenters. The molecule has 1 saturated carbocycles. The van der Waals surface area contributed by atoms with Crippen LogP contribution >= 0.6 is 67.8 Å². The lowest BCUT2D eigenvalue weighted by Gasteiger charge is -2.43. The van der Waals surface area contributed by atoms with Crippen molar-refractivity contribution in [2.75, 3.05) is 13.1 Å². The first-order valence-electron chi connectivity index (χ1n) is 8.71. The molecule has 3 rings (SSSR count). The second-order valence-electron chi connectivity index (χ2n) is 6.90. The summed E-state index contributed by atoms with van der Waals surface area (Å²) in [5.74, 6) is 0.423. The Bertz CT molecular complexity index is 609. The van der Waals surface area contributed by atoms with Gasteiger partial charge in [-0.15, -0.1) is 0 Å². The molecule has 0 radical (unpaired) electrons. The van der Waals surface area contributed by atoms with Crippen LogP contribution in [0.5, 0.6) is 0 Å². The highest BCUT2D eigenvalue weighted by Gasteiger charge is 2.45. The number of nitrogens with two attached hydrogens (primary N) is 1. The number of benzene rings is 1. The molecule has 132 valence electrons. The fraction of sp³-hybridized carbons (Fsp3) is 0.611. The first kappa shape index (κ1) is 19.6. The zero-order chi connectivity index (χ0) is 17.2. The van der Waals surface area contributed by atoms with Crippen LogP contribution in [-0.4, -0.2) is 24.7 Å². The van der Waals surface area contributed by atoms with Gasteiger partial charge >= 0.3 is 5.97 Å². The monoisotopic (exact) mass is 666 g/mol. The number of piperidine rings is 1. The minimum Gasteiger partial charge on any atom is -0.455 e. The molecule has 0 spiro atoms. The van der Waals surface area contributed by atoms with Crippen molar-refractivity contribution in [3.8, 4) is 0 Å². The van der Waals surface area contributed by atoms with Gasteiger partial charge in [-0.25, -0.2) is 4.79 Å². The Kier molecular flexibility index (Phi) is 7.09. The van der Waals surface area contributed by atoms with Crippen molar-refractivity contribution < 1.29 is 14.8 Å². The van der Waals surface area contributed by atoms with Gasteiger partial charge in [0, 0.05) is 23.6 Å². The van der Waals surface area contributed by atoms with Crippen LogP contribution in [0.4, 0.5) is 0 Å². The standard InChI is InChI=1S/C18H22I3NO2/c19-13-10-14(16(21)15(20)11-13)17(23)24-18(6-8-22-9-7-18)12-4-2-1-3-5-12/h10-12,22H,1-9H2/p+1. The van der Waals surface area contributed by atoms with Crippen LogP contribution in [0.1, 0.15) is 55.3 Å². The molecule has 0 aromatic heterocycles. The molecule has 0 amide bonds. The van der Waals surface area contributed by atoms with Gasteiger partial charge < -0.3 is 10.1 Å². The average Bonchev–Trinajstić information content (AvgIpc) is 2.59. The Morgan fingerprint density at radius 2 is 1.75 bits per heavy atom. The topological polar surface area (TPSA) is 42.9 Å². The molecule has 1 aliphatic heterocycles. The maximum absolute atomic E-state index is 13.0. The van der Waals surface area contributed by atoms with Gasteiger partial charge in [0.2, 0.25) is 0 Å². The van der Waals surface area contributed by atoms with E-state index in [-0.39, 0.29) is 11.6 Å². The first-order chi connectivity index (χ1) is 11.5. The zero-order valence-corrected chi connectivity index (χ0v) is 20.1. The van der Waals surface area contributed by atoms with E-state index in [1.807, 2.05) is 6.07 Å². The summed E-state index contributed by atoms with van der Waals surface area (Å²) in [5.41, 5.74) is 0.499. The van der Waals surface area contributed by atoms with Crippen LogP contribution < -0.4 is 5.32 Å². The van der Waals surface area contributed by atoms with Crippen LogP contribution in [0.2, 0.25) is 0 Å². The SMILES string of the molecule is O=C(OC1(C2CCCCC2)CC[NH2+]CC1)c1cc(I)cc(I)c1I. The van der Waals surface area contributed by atoms with E-state index in [0.29, 0.717) is 5.92 Å². The van der Waals surface area contributed by atoms with E-state index in [9.17, 15) is 4.79 Å². The second-order valence-corrected chi connectivity index (χ2v) is 10.4. The highest BCUT2D eigenvalue weighted by molar-refractivity contribution is 14.1. The van der Waals surface area contributed by atoms with Crippen LogP contribution in [-0.2, 0) is 4.74 Å². The van der Waals surface area contributed by atoms with E-state index in [1.54, 1.807) is 0 Å². The van der Waals surface area contributed by atoms with Crippen molar-refractivity contribution in [1.29, 1.82) is 0 Å². The number of hydrogen-bond donors (Lipinski definition) is 1. The maximum atomic E-state index is 13.0. The number of halogens is 3. The average molecular weight is 666 g/mol. The number of carbonyl (C=O) groups excluding carboxylic acids is 1. The van der Waals surface area contributed by atoms with Gasteiger partial charge in [-0.3, -0.25) is 0 Å². The molecule has 2 N–H and O–H groups in total. The summed E-state index contributed by atoms with van der Waals surface area (Å²) < 4.78 is 9.55. The number of esters is 1. The Balaban J connectivity index is 1.86. The highest BCUT2D eigenvalue weighted by Crippen LogP contribution is 2.40. The molecule has 1 aromatic carbocycles. The Morgan fingerprint density at radius 1 is 1.08 bits per heavy atom. The van der Waals surface area contributed by atoms with Gasteiger partial charge in [-0.2, -0.15) is 0 Å². The third-order valence-electron chi connectivity index (χ3n) is 5.40. The molecule has 1 saturated heterocycles. The summed E-state index contributed by atoms with van der Waals surface area (Å²) in [5, 5.41) is 2.35. The van der Waals surface area contributed by atoms with Crippen LogP contribution in [0.3, 0.4) is 0 Å². The van der Waals surface area contributed by atoms with Gasteiger partial charge in [0.05, 0.1) is 18.7 Å². The third kappa shape index (κ3) is 4.39. The van der Waals surface area contributed by atoms with Gasteiger partial charge in [0.1, 0.15) is 5.60 Å². The molecule has 0 bridgehead atoms. The van der Waals surface area contributed by atoms with Gasteiger partial charge in [-0.1, -0.05) is 19.3 Å². The summed E-state index contributed by atoms with van der Waals surface area (Å²) in [7, 11) is 0. The van der Waals surface area contributed by atoms with E-state index in [4.69, 9.17) is 4.74 Å². The molecule has 1 heterocycles. The molecule has 6 heteroatoms. The maximum Gasteiger partial charge on any atom is 0.339 e. The van der Waals surface area contributed by atoms with E-state index in [2.05, 4.69) is 79.2 Å². The van der Waals surface area contributed by atoms with Crippen LogP contribution in [0, 0.1) is 16.6 Å². The Hall–Kier alpha value is 0.840. The van der Waals surface area contributed by atoms with Gasteiger partial charge in [-0.05, 0) is 98.7 Å². The lowest BCUT2D eigenvalue weighted by atomic mass is 9.72. The molecular weight excluding hydrogens is 643 g/mol. The van der Waals surface area contributed by atoms with E-state index >= 15 is 0 Å². The fourth-order valence-electron chi connectivity index (χ4n) is 4.13. The van der Waals surface area contributed by atoms with Crippen LogP contribution in [0.25, 0.3) is 0 Å². The van der Waals surface area contributed by atoms with E-state index in [1.165, 1.54) is 32.1 Å². The normalized spacial score (nSPS) is 21.5.